The number of nitrogens with one attached hydrogen (secondary N) is 2. The first kappa shape index (κ1) is 17.7. The summed E-state index contributed by atoms with van der Waals surface area (Å²) in [5.41, 5.74) is 0. The highest BCUT2D eigenvalue weighted by molar-refractivity contribution is 6.36. The van der Waals surface area contributed by atoms with Crippen LogP contribution in [0.25, 0.3) is 0 Å². The molecule has 0 fully saturated rings. The fraction of sp³-hybridized carbons (Fsp3) is 0.462. The first-order valence-electron chi connectivity index (χ1n) is 6.27. The molecule has 116 valence electrons. The van der Waals surface area contributed by atoms with Gasteiger partial charge in [-0.15, -0.1) is 0 Å². The van der Waals surface area contributed by atoms with E-state index in [1.807, 2.05) is 13.8 Å². The summed E-state index contributed by atoms with van der Waals surface area (Å²) in [6.07, 6.45) is 1.38. The fourth-order valence-electron chi connectivity index (χ4n) is 1.60. The SMILES string of the molecule is COC(=O)C(NCC(=O)Nc1ncc(Cl)cc1Cl)C(C)C. The van der Waals surface area contributed by atoms with Crippen molar-refractivity contribution >= 4 is 40.9 Å². The summed E-state index contributed by atoms with van der Waals surface area (Å²) in [4.78, 5) is 27.3. The molecule has 0 aliphatic rings. The van der Waals surface area contributed by atoms with Gasteiger partial charge >= 0.3 is 5.97 Å². The predicted molar refractivity (Wildman–Crippen MR) is 81.5 cm³/mol. The van der Waals surface area contributed by atoms with Crippen molar-refractivity contribution < 1.29 is 14.3 Å². The second kappa shape index (κ2) is 8.17. The number of nitrogens with zero attached hydrogens (tertiary/aromatic N) is 1. The maximum absolute atomic E-state index is 11.8. The Morgan fingerprint density at radius 2 is 2.05 bits per heavy atom. The Balaban J connectivity index is 2.59. The third-order valence-corrected chi connectivity index (χ3v) is 3.16. The largest absolute Gasteiger partial charge is 0.468 e. The molecule has 1 amide bonds. The molecule has 21 heavy (non-hydrogen) atoms. The number of rotatable bonds is 6. The standard InChI is InChI=1S/C13H17Cl2N3O3/c1-7(2)11(13(20)21-3)16-6-10(19)18-12-9(15)4-8(14)5-17-12/h4-5,7,11,16H,6H2,1-3H3,(H,17,18,19). The van der Waals surface area contributed by atoms with Gasteiger partial charge in [0.2, 0.25) is 5.91 Å². The minimum Gasteiger partial charge on any atom is -0.468 e. The van der Waals surface area contributed by atoms with Gasteiger partial charge in [0, 0.05) is 6.20 Å². The van der Waals surface area contributed by atoms with Gasteiger partial charge in [-0.2, -0.15) is 0 Å². The van der Waals surface area contributed by atoms with E-state index in [2.05, 4.69) is 20.4 Å². The van der Waals surface area contributed by atoms with Gasteiger partial charge in [0.1, 0.15) is 6.04 Å². The lowest BCUT2D eigenvalue weighted by Crippen LogP contribution is -2.45. The zero-order valence-electron chi connectivity index (χ0n) is 11.9. The molecule has 1 heterocycles. The highest BCUT2D eigenvalue weighted by Crippen LogP contribution is 2.22. The minimum absolute atomic E-state index is 0.0116. The first-order chi connectivity index (χ1) is 9.85. The third kappa shape index (κ3) is 5.49. The van der Waals surface area contributed by atoms with E-state index in [1.165, 1.54) is 19.4 Å². The molecule has 0 spiro atoms. The first-order valence-corrected chi connectivity index (χ1v) is 7.02. The van der Waals surface area contributed by atoms with Gasteiger partial charge in [-0.25, -0.2) is 4.98 Å². The number of hydrogen-bond acceptors (Lipinski definition) is 5. The second-order valence-electron chi connectivity index (χ2n) is 4.66. The molecule has 8 heteroatoms. The minimum atomic E-state index is -0.561. The number of hydrogen-bond donors (Lipinski definition) is 2. The van der Waals surface area contributed by atoms with Gasteiger partial charge in [-0.3, -0.25) is 14.9 Å². The van der Waals surface area contributed by atoms with E-state index in [9.17, 15) is 9.59 Å². The van der Waals surface area contributed by atoms with E-state index in [-0.39, 0.29) is 29.2 Å². The van der Waals surface area contributed by atoms with Crippen LogP contribution in [0, 0.1) is 5.92 Å². The molecule has 0 aliphatic heterocycles. The molecule has 0 saturated heterocycles. The van der Waals surface area contributed by atoms with Crippen molar-refractivity contribution in [3.8, 4) is 0 Å². The van der Waals surface area contributed by atoms with Crippen molar-refractivity contribution in [2.24, 2.45) is 5.92 Å². The summed E-state index contributed by atoms with van der Waals surface area (Å²) in [6, 6.07) is 0.916. The normalized spacial score (nSPS) is 12.1. The molecule has 6 nitrogen and oxygen atoms in total. The molecule has 0 aliphatic carbocycles. The van der Waals surface area contributed by atoms with E-state index in [4.69, 9.17) is 23.2 Å². The van der Waals surface area contributed by atoms with Crippen molar-refractivity contribution in [3.63, 3.8) is 0 Å². The summed E-state index contributed by atoms with van der Waals surface area (Å²) in [6.45, 7) is 3.63. The summed E-state index contributed by atoms with van der Waals surface area (Å²) in [5.74, 6) is -0.587. The molecule has 0 saturated carbocycles. The summed E-state index contributed by atoms with van der Waals surface area (Å²) in [5, 5.41) is 5.99. The molecule has 0 bridgehead atoms. The summed E-state index contributed by atoms with van der Waals surface area (Å²) < 4.78 is 4.68. The smallest absolute Gasteiger partial charge is 0.323 e. The number of aromatic nitrogens is 1. The van der Waals surface area contributed by atoms with Gasteiger partial charge in [-0.05, 0) is 12.0 Å². The number of halogens is 2. The topological polar surface area (TPSA) is 80.3 Å². The number of ether oxygens (including phenoxy) is 1. The number of carbonyl (C=O) groups excluding carboxylic acids is 2. The summed E-state index contributed by atoms with van der Waals surface area (Å²) >= 11 is 11.6. The van der Waals surface area contributed by atoms with Gasteiger partial charge in [-0.1, -0.05) is 37.0 Å². The molecule has 1 unspecified atom stereocenters. The van der Waals surface area contributed by atoms with Crippen molar-refractivity contribution in [2.45, 2.75) is 19.9 Å². The lowest BCUT2D eigenvalue weighted by molar-refractivity contribution is -0.144. The molecule has 0 aromatic carbocycles. The van der Waals surface area contributed by atoms with Crippen LogP contribution in [0.3, 0.4) is 0 Å². The number of amides is 1. The zero-order chi connectivity index (χ0) is 16.0. The van der Waals surface area contributed by atoms with Crippen LogP contribution in [0.1, 0.15) is 13.8 Å². The number of methoxy groups -OCH3 is 1. The van der Waals surface area contributed by atoms with E-state index >= 15 is 0 Å². The van der Waals surface area contributed by atoms with Crippen molar-refractivity contribution in [1.29, 1.82) is 0 Å². The highest BCUT2D eigenvalue weighted by Gasteiger charge is 2.23. The van der Waals surface area contributed by atoms with Crippen LogP contribution in [0.15, 0.2) is 12.3 Å². The maximum Gasteiger partial charge on any atom is 0.323 e. The molecule has 0 radical (unpaired) electrons. The zero-order valence-corrected chi connectivity index (χ0v) is 13.5. The molecular weight excluding hydrogens is 317 g/mol. The Labute approximate surface area is 133 Å². The lowest BCUT2D eigenvalue weighted by Gasteiger charge is -2.19. The molecule has 1 atom stereocenters. The second-order valence-corrected chi connectivity index (χ2v) is 5.50. The van der Waals surface area contributed by atoms with Crippen molar-refractivity contribution in [3.05, 3.63) is 22.3 Å². The Morgan fingerprint density at radius 1 is 1.38 bits per heavy atom. The lowest BCUT2D eigenvalue weighted by atomic mass is 10.0. The maximum atomic E-state index is 11.8. The average Bonchev–Trinajstić information content (AvgIpc) is 2.41. The van der Waals surface area contributed by atoms with E-state index in [0.717, 1.165) is 0 Å². The monoisotopic (exact) mass is 333 g/mol. The van der Waals surface area contributed by atoms with E-state index in [1.54, 1.807) is 0 Å². The Morgan fingerprint density at radius 3 is 2.57 bits per heavy atom. The van der Waals surface area contributed by atoms with Gasteiger partial charge in [0.15, 0.2) is 5.82 Å². The van der Waals surface area contributed by atoms with Crippen LogP contribution in [0.5, 0.6) is 0 Å². The van der Waals surface area contributed by atoms with E-state index < -0.39 is 12.0 Å². The number of pyridine rings is 1. The van der Waals surface area contributed by atoms with E-state index in [0.29, 0.717) is 5.02 Å². The van der Waals surface area contributed by atoms with Gasteiger partial charge in [0.05, 0.1) is 23.7 Å². The van der Waals surface area contributed by atoms with Crippen LogP contribution in [0.2, 0.25) is 10.0 Å². The Kier molecular flexibility index (Phi) is 6.87. The van der Waals surface area contributed by atoms with Crippen LogP contribution in [0.4, 0.5) is 5.82 Å². The highest BCUT2D eigenvalue weighted by atomic mass is 35.5. The number of carbonyl (C=O) groups is 2. The molecule has 1 rings (SSSR count). The molecular formula is C13H17Cl2N3O3. The van der Waals surface area contributed by atoms with Crippen LogP contribution in [-0.2, 0) is 14.3 Å². The predicted octanol–water partition coefficient (Wildman–Crippen LogP) is 2.11. The quantitative estimate of drug-likeness (QED) is 0.779. The number of anilines is 1. The van der Waals surface area contributed by atoms with Crippen molar-refractivity contribution in [2.75, 3.05) is 19.0 Å². The third-order valence-electron chi connectivity index (χ3n) is 2.67. The van der Waals surface area contributed by atoms with Crippen LogP contribution >= 0.6 is 23.2 Å². The molecule has 2 N–H and O–H groups in total. The van der Waals surface area contributed by atoms with Crippen LogP contribution < -0.4 is 10.6 Å². The fourth-order valence-corrected chi connectivity index (χ4v) is 2.03. The average molecular weight is 334 g/mol. The number of esters is 1. The Hall–Kier alpha value is -1.37. The van der Waals surface area contributed by atoms with Gasteiger partial charge < -0.3 is 10.1 Å². The van der Waals surface area contributed by atoms with Crippen molar-refractivity contribution in [1.82, 2.24) is 10.3 Å². The summed E-state index contributed by atoms with van der Waals surface area (Å²) in [7, 11) is 1.30. The van der Waals surface area contributed by atoms with Gasteiger partial charge in [0.25, 0.3) is 0 Å². The molecule has 1 aromatic heterocycles. The Bertz CT molecular complexity index is 523. The van der Waals surface area contributed by atoms with Crippen LogP contribution in [-0.4, -0.2) is 36.6 Å². The molecule has 1 aromatic rings.